The van der Waals surface area contributed by atoms with E-state index >= 15 is 0 Å². The summed E-state index contributed by atoms with van der Waals surface area (Å²) < 4.78 is 34.4. The van der Waals surface area contributed by atoms with Crippen LogP contribution in [0.4, 0.5) is 5.69 Å². The maximum absolute atomic E-state index is 12.9. The first-order valence-corrected chi connectivity index (χ1v) is 12.8. The van der Waals surface area contributed by atoms with Crippen molar-refractivity contribution in [2.24, 2.45) is 0 Å². The molecule has 11 nitrogen and oxygen atoms in total. The van der Waals surface area contributed by atoms with Crippen molar-refractivity contribution in [2.45, 2.75) is 28.4 Å². The summed E-state index contributed by atoms with van der Waals surface area (Å²) in [5, 5.41) is 21.5. The molecule has 1 aliphatic heterocycles. The SMILES string of the molecule is CCn1c2ccccc2c2nnc(Sc3ccc(S(=O)(=O)N4CCOCC4)cc3[N+](=O)[O-])nc21. The number of fused-ring (bicyclic) bond motifs is 3. The van der Waals surface area contributed by atoms with Crippen molar-refractivity contribution < 1.29 is 18.1 Å². The molecule has 34 heavy (non-hydrogen) atoms. The quantitative estimate of drug-likeness (QED) is 0.289. The number of nitrogens with zero attached hydrogens (tertiary/aromatic N) is 6. The van der Waals surface area contributed by atoms with E-state index in [9.17, 15) is 18.5 Å². The molecule has 0 aliphatic carbocycles. The molecule has 4 aromatic rings. The number of hydrogen-bond donors (Lipinski definition) is 0. The van der Waals surface area contributed by atoms with Crippen LogP contribution in [0.25, 0.3) is 22.1 Å². The van der Waals surface area contributed by atoms with E-state index in [1.807, 2.05) is 35.8 Å². The molecule has 3 heterocycles. The van der Waals surface area contributed by atoms with Gasteiger partial charge < -0.3 is 9.30 Å². The fraction of sp³-hybridized carbons (Fsp3) is 0.286. The summed E-state index contributed by atoms with van der Waals surface area (Å²) in [6.45, 7) is 3.66. The topological polar surface area (TPSA) is 133 Å². The number of para-hydroxylation sites is 1. The molecule has 0 atom stereocenters. The first-order valence-electron chi connectivity index (χ1n) is 10.6. The largest absolute Gasteiger partial charge is 0.379 e. The minimum atomic E-state index is -3.87. The zero-order chi connectivity index (χ0) is 23.9. The maximum Gasteiger partial charge on any atom is 0.284 e. The maximum atomic E-state index is 12.9. The number of rotatable bonds is 6. The highest BCUT2D eigenvalue weighted by Gasteiger charge is 2.29. The first-order chi connectivity index (χ1) is 16.4. The van der Waals surface area contributed by atoms with Crippen molar-refractivity contribution in [2.75, 3.05) is 26.3 Å². The van der Waals surface area contributed by atoms with Gasteiger partial charge in [0.25, 0.3) is 5.69 Å². The summed E-state index contributed by atoms with van der Waals surface area (Å²) in [7, 11) is -3.87. The summed E-state index contributed by atoms with van der Waals surface area (Å²) >= 11 is 0.973. The van der Waals surface area contributed by atoms with Crippen LogP contribution in [-0.4, -0.2) is 63.7 Å². The van der Waals surface area contributed by atoms with Crippen LogP contribution in [0.15, 0.2) is 57.4 Å². The van der Waals surface area contributed by atoms with Gasteiger partial charge in [0.15, 0.2) is 5.65 Å². The lowest BCUT2D eigenvalue weighted by Crippen LogP contribution is -2.40. The van der Waals surface area contributed by atoms with Gasteiger partial charge in [-0.1, -0.05) is 18.2 Å². The molecule has 0 spiro atoms. The van der Waals surface area contributed by atoms with Gasteiger partial charge in [-0.2, -0.15) is 4.31 Å². The molecule has 2 aromatic heterocycles. The molecule has 5 rings (SSSR count). The van der Waals surface area contributed by atoms with Crippen molar-refractivity contribution in [3.05, 3.63) is 52.6 Å². The summed E-state index contributed by atoms with van der Waals surface area (Å²) in [6, 6.07) is 11.7. The zero-order valence-corrected chi connectivity index (χ0v) is 19.8. The third-order valence-electron chi connectivity index (χ3n) is 5.61. The standard InChI is InChI=1S/C21H20N6O5S2/c1-2-26-16-6-4-3-5-15(16)19-20(26)22-21(24-23-19)33-18-8-7-14(13-17(18)27(28)29)34(30,31)25-9-11-32-12-10-25/h3-8,13H,2,9-12H2,1H3. The van der Waals surface area contributed by atoms with Gasteiger partial charge in [-0.15, -0.1) is 10.2 Å². The van der Waals surface area contributed by atoms with Crippen LogP contribution in [0.2, 0.25) is 0 Å². The molecule has 0 saturated carbocycles. The molecule has 1 fully saturated rings. The Bertz CT molecular complexity index is 1520. The minimum Gasteiger partial charge on any atom is -0.379 e. The number of ether oxygens (including phenoxy) is 1. The second-order valence-corrected chi connectivity index (χ2v) is 10.5. The van der Waals surface area contributed by atoms with Crippen molar-refractivity contribution in [3.63, 3.8) is 0 Å². The van der Waals surface area contributed by atoms with Crippen LogP contribution in [-0.2, 0) is 21.3 Å². The summed E-state index contributed by atoms with van der Waals surface area (Å²) in [6.07, 6.45) is 0. The molecule has 13 heteroatoms. The molecule has 1 aliphatic rings. The van der Waals surface area contributed by atoms with E-state index in [1.165, 1.54) is 16.4 Å². The third-order valence-corrected chi connectivity index (χ3v) is 8.42. The van der Waals surface area contributed by atoms with Crippen LogP contribution in [0, 0.1) is 10.1 Å². The fourth-order valence-corrected chi connectivity index (χ4v) is 6.19. The van der Waals surface area contributed by atoms with Crippen LogP contribution in [0.3, 0.4) is 0 Å². The number of aromatic nitrogens is 4. The Morgan fingerprint density at radius 1 is 1.15 bits per heavy atom. The van der Waals surface area contributed by atoms with Gasteiger partial charge in [-0.25, -0.2) is 13.4 Å². The minimum absolute atomic E-state index is 0.133. The van der Waals surface area contributed by atoms with E-state index in [2.05, 4.69) is 15.2 Å². The molecule has 176 valence electrons. The number of nitro groups is 1. The van der Waals surface area contributed by atoms with Gasteiger partial charge >= 0.3 is 0 Å². The number of morpholine rings is 1. The van der Waals surface area contributed by atoms with Gasteiger partial charge in [-0.3, -0.25) is 10.1 Å². The lowest BCUT2D eigenvalue weighted by molar-refractivity contribution is -0.388. The van der Waals surface area contributed by atoms with Crippen LogP contribution < -0.4 is 0 Å². The van der Waals surface area contributed by atoms with E-state index in [4.69, 9.17) is 4.74 Å². The summed E-state index contributed by atoms with van der Waals surface area (Å²) in [5.74, 6) is 0. The predicted octanol–water partition coefficient (Wildman–Crippen LogP) is 3.08. The molecule has 1 saturated heterocycles. The number of nitro benzene ring substituents is 1. The molecular formula is C21H20N6O5S2. The summed E-state index contributed by atoms with van der Waals surface area (Å²) in [5.41, 5.74) is 1.94. The second-order valence-electron chi connectivity index (χ2n) is 7.53. The van der Waals surface area contributed by atoms with Crippen LogP contribution in [0.5, 0.6) is 0 Å². The highest BCUT2D eigenvalue weighted by atomic mass is 32.2. The smallest absolute Gasteiger partial charge is 0.284 e. The number of benzene rings is 2. The lowest BCUT2D eigenvalue weighted by atomic mass is 10.2. The van der Waals surface area contributed by atoms with Gasteiger partial charge in [-0.05, 0) is 36.9 Å². The monoisotopic (exact) mass is 500 g/mol. The van der Waals surface area contributed by atoms with Crippen LogP contribution in [0.1, 0.15) is 6.92 Å². The third kappa shape index (κ3) is 3.90. The van der Waals surface area contributed by atoms with Gasteiger partial charge in [0.05, 0.1) is 33.4 Å². The Balaban J connectivity index is 1.53. The van der Waals surface area contributed by atoms with Crippen LogP contribution >= 0.6 is 11.8 Å². The Kier molecular flexibility index (Phi) is 5.93. The average molecular weight is 501 g/mol. The normalized spacial score (nSPS) is 15.2. The number of sulfonamides is 1. The Morgan fingerprint density at radius 2 is 1.91 bits per heavy atom. The van der Waals surface area contributed by atoms with Crippen molar-refractivity contribution >= 4 is 49.5 Å². The van der Waals surface area contributed by atoms with Gasteiger partial charge in [0, 0.05) is 31.1 Å². The Hall–Kier alpha value is -3.13. The van der Waals surface area contributed by atoms with E-state index in [0.29, 0.717) is 17.7 Å². The Labute approximate surface area is 198 Å². The summed E-state index contributed by atoms with van der Waals surface area (Å²) in [4.78, 5) is 15.9. The highest BCUT2D eigenvalue weighted by molar-refractivity contribution is 7.99. The molecule has 0 amide bonds. The molecule has 0 N–H and O–H groups in total. The number of aryl methyl sites for hydroxylation is 1. The molecule has 0 unspecified atom stereocenters. The molecule has 0 bridgehead atoms. The van der Waals surface area contributed by atoms with E-state index < -0.39 is 14.9 Å². The van der Waals surface area contributed by atoms with E-state index in [1.54, 1.807) is 0 Å². The Morgan fingerprint density at radius 3 is 2.65 bits per heavy atom. The van der Waals surface area contributed by atoms with Crippen molar-refractivity contribution in [1.82, 2.24) is 24.1 Å². The number of hydrogen-bond acceptors (Lipinski definition) is 9. The van der Waals surface area contributed by atoms with E-state index in [0.717, 1.165) is 28.7 Å². The highest BCUT2D eigenvalue weighted by Crippen LogP contribution is 2.36. The lowest BCUT2D eigenvalue weighted by Gasteiger charge is -2.26. The fourth-order valence-electron chi connectivity index (χ4n) is 3.97. The predicted molar refractivity (Wildman–Crippen MR) is 125 cm³/mol. The molecule has 2 aromatic carbocycles. The van der Waals surface area contributed by atoms with Gasteiger partial charge in [0.2, 0.25) is 15.2 Å². The van der Waals surface area contributed by atoms with E-state index in [-0.39, 0.29) is 46.9 Å². The van der Waals surface area contributed by atoms with Crippen molar-refractivity contribution in [1.29, 1.82) is 0 Å². The van der Waals surface area contributed by atoms with Crippen molar-refractivity contribution in [3.8, 4) is 0 Å². The molecule has 0 radical (unpaired) electrons. The second kappa shape index (κ2) is 8.91. The molecular weight excluding hydrogens is 480 g/mol. The van der Waals surface area contributed by atoms with Gasteiger partial charge in [0.1, 0.15) is 5.52 Å². The first kappa shape index (κ1) is 22.7. The zero-order valence-electron chi connectivity index (χ0n) is 18.1. The average Bonchev–Trinajstić information content (AvgIpc) is 3.17.